The van der Waals surface area contributed by atoms with Crippen LogP contribution in [0.5, 0.6) is 0 Å². The molecule has 2 rings (SSSR count). The van der Waals surface area contributed by atoms with Crippen LogP contribution in [0.15, 0.2) is 24.3 Å². The molecule has 144 valence electrons. The van der Waals surface area contributed by atoms with E-state index < -0.39 is 9.84 Å². The van der Waals surface area contributed by atoms with Crippen LogP contribution in [0.1, 0.15) is 52.0 Å². The van der Waals surface area contributed by atoms with E-state index in [0.29, 0.717) is 6.42 Å². The second kappa shape index (κ2) is 8.80. The molecule has 5 nitrogen and oxygen atoms in total. The molecular formula is C20H29NO4S. The average molecular weight is 380 g/mol. The van der Waals surface area contributed by atoms with Gasteiger partial charge in [0.25, 0.3) is 0 Å². The normalized spacial score (nSPS) is 20.8. The van der Waals surface area contributed by atoms with Gasteiger partial charge in [-0.25, -0.2) is 8.42 Å². The maximum Gasteiger partial charge on any atom is 0.221 e. The van der Waals surface area contributed by atoms with Crippen molar-refractivity contribution in [1.29, 1.82) is 0 Å². The second-order valence-electron chi connectivity index (χ2n) is 7.62. The van der Waals surface area contributed by atoms with Gasteiger partial charge in [0.05, 0.1) is 11.0 Å². The molecule has 6 heteroatoms. The zero-order valence-electron chi connectivity index (χ0n) is 15.8. The topological polar surface area (TPSA) is 80.3 Å². The van der Waals surface area contributed by atoms with E-state index in [9.17, 15) is 18.0 Å². The number of carbonyl (C=O) groups excluding carboxylic acids is 2. The fourth-order valence-electron chi connectivity index (χ4n) is 3.43. The predicted octanol–water partition coefficient (Wildman–Crippen LogP) is 3.39. The standard InChI is InChI=1S/C20H29NO4S/c1-14(2)26(24,25)13-17-4-8-18(9-5-17)20(23)12-16-6-10-19(11-7-16)21-15(3)22/h6-7,10-11,14,17-18H,4-5,8-9,12-13H2,1-3H3,(H,21,22). The van der Waals surface area contributed by atoms with E-state index in [2.05, 4.69) is 5.32 Å². The minimum atomic E-state index is -3.01. The summed E-state index contributed by atoms with van der Waals surface area (Å²) in [4.78, 5) is 23.6. The van der Waals surface area contributed by atoms with Crippen molar-refractivity contribution in [3.8, 4) is 0 Å². The zero-order chi connectivity index (χ0) is 19.3. The molecule has 1 amide bonds. The van der Waals surface area contributed by atoms with Crippen molar-refractivity contribution < 1.29 is 18.0 Å². The summed E-state index contributed by atoms with van der Waals surface area (Å²) in [6.07, 6.45) is 3.57. The summed E-state index contributed by atoms with van der Waals surface area (Å²) in [5, 5.41) is 2.38. The van der Waals surface area contributed by atoms with Crippen molar-refractivity contribution in [3.05, 3.63) is 29.8 Å². The third kappa shape index (κ3) is 5.94. The fraction of sp³-hybridized carbons (Fsp3) is 0.600. The van der Waals surface area contributed by atoms with E-state index in [1.165, 1.54) is 6.92 Å². The highest BCUT2D eigenvalue weighted by atomic mass is 32.2. The fourth-order valence-corrected chi connectivity index (χ4v) is 4.80. The summed E-state index contributed by atoms with van der Waals surface area (Å²) >= 11 is 0. The maximum atomic E-state index is 12.5. The number of carbonyl (C=O) groups is 2. The van der Waals surface area contributed by atoms with E-state index in [-0.39, 0.29) is 34.5 Å². The van der Waals surface area contributed by atoms with Crippen molar-refractivity contribution in [3.63, 3.8) is 0 Å². The number of nitrogens with one attached hydrogen (secondary N) is 1. The number of Topliss-reactive ketones (excluding diaryl/α,β-unsaturated/α-hetero) is 1. The van der Waals surface area contributed by atoms with Gasteiger partial charge in [-0.3, -0.25) is 9.59 Å². The lowest BCUT2D eigenvalue weighted by Crippen LogP contribution is -2.29. The molecule has 0 unspecified atom stereocenters. The van der Waals surface area contributed by atoms with Crippen LogP contribution in [0, 0.1) is 11.8 Å². The zero-order valence-corrected chi connectivity index (χ0v) is 16.6. The third-order valence-corrected chi connectivity index (χ3v) is 7.51. The van der Waals surface area contributed by atoms with Crippen LogP contribution in [-0.4, -0.2) is 31.1 Å². The Bertz CT molecular complexity index is 730. The Morgan fingerprint density at radius 2 is 1.65 bits per heavy atom. The predicted molar refractivity (Wildman–Crippen MR) is 104 cm³/mol. The highest BCUT2D eigenvalue weighted by Crippen LogP contribution is 2.31. The first-order valence-electron chi connectivity index (χ1n) is 9.28. The molecule has 1 aliphatic rings. The number of sulfone groups is 1. The Morgan fingerprint density at radius 3 is 2.15 bits per heavy atom. The van der Waals surface area contributed by atoms with E-state index in [4.69, 9.17) is 0 Å². The SMILES string of the molecule is CC(=O)Nc1ccc(CC(=O)C2CCC(CS(=O)(=O)C(C)C)CC2)cc1. The van der Waals surface area contributed by atoms with Crippen molar-refractivity contribution in [2.75, 3.05) is 11.1 Å². The Balaban J connectivity index is 1.84. The van der Waals surface area contributed by atoms with E-state index >= 15 is 0 Å². The quantitative estimate of drug-likeness (QED) is 0.787. The molecule has 1 aromatic carbocycles. The molecule has 0 aliphatic heterocycles. The lowest BCUT2D eigenvalue weighted by atomic mass is 9.79. The number of benzene rings is 1. The van der Waals surface area contributed by atoms with Gasteiger partial charge in [0.2, 0.25) is 5.91 Å². The summed E-state index contributed by atoms with van der Waals surface area (Å²) in [5.74, 6) is 0.565. The number of hydrogen-bond acceptors (Lipinski definition) is 4. The summed E-state index contributed by atoms with van der Waals surface area (Å²) in [5.41, 5.74) is 1.66. The first kappa shape index (κ1) is 20.6. The van der Waals surface area contributed by atoms with E-state index in [0.717, 1.165) is 36.9 Å². The number of hydrogen-bond donors (Lipinski definition) is 1. The largest absolute Gasteiger partial charge is 0.326 e. The Kier molecular flexibility index (Phi) is 6.98. The average Bonchev–Trinajstić information content (AvgIpc) is 2.56. The summed E-state index contributed by atoms with van der Waals surface area (Å²) < 4.78 is 24.1. The lowest BCUT2D eigenvalue weighted by molar-refractivity contribution is -0.123. The van der Waals surface area contributed by atoms with Gasteiger partial charge < -0.3 is 5.32 Å². The molecule has 0 atom stereocenters. The molecular weight excluding hydrogens is 350 g/mol. The van der Waals surface area contributed by atoms with Crippen molar-refractivity contribution in [1.82, 2.24) is 0 Å². The Hall–Kier alpha value is -1.69. The van der Waals surface area contributed by atoms with Crippen LogP contribution in [0.2, 0.25) is 0 Å². The molecule has 1 aliphatic carbocycles. The Morgan fingerprint density at radius 1 is 1.08 bits per heavy atom. The molecule has 0 heterocycles. The van der Waals surface area contributed by atoms with E-state index in [1.807, 2.05) is 12.1 Å². The van der Waals surface area contributed by atoms with E-state index in [1.54, 1.807) is 26.0 Å². The van der Waals surface area contributed by atoms with Gasteiger partial charge in [0, 0.05) is 24.9 Å². The van der Waals surface area contributed by atoms with Gasteiger partial charge in [-0.2, -0.15) is 0 Å². The first-order chi connectivity index (χ1) is 12.2. The lowest BCUT2D eigenvalue weighted by Gasteiger charge is -2.28. The molecule has 0 saturated heterocycles. The molecule has 1 aromatic rings. The van der Waals surface area contributed by atoms with Crippen LogP contribution in [0.3, 0.4) is 0 Å². The number of rotatable bonds is 7. The minimum absolute atomic E-state index is 0.0306. The van der Waals surface area contributed by atoms with Gasteiger partial charge in [0.1, 0.15) is 5.78 Å². The summed E-state index contributed by atoms with van der Waals surface area (Å²) in [6, 6.07) is 7.34. The van der Waals surface area contributed by atoms with Crippen molar-refractivity contribution in [2.45, 2.75) is 58.1 Å². The molecule has 0 bridgehead atoms. The Labute approximate surface area is 156 Å². The number of anilines is 1. The number of amides is 1. The first-order valence-corrected chi connectivity index (χ1v) is 11.0. The van der Waals surface area contributed by atoms with Crippen LogP contribution in [0.4, 0.5) is 5.69 Å². The maximum absolute atomic E-state index is 12.5. The molecule has 1 N–H and O–H groups in total. The highest BCUT2D eigenvalue weighted by molar-refractivity contribution is 7.91. The number of ketones is 1. The van der Waals surface area contributed by atoms with Gasteiger partial charge in [-0.1, -0.05) is 12.1 Å². The van der Waals surface area contributed by atoms with Crippen LogP contribution in [0.25, 0.3) is 0 Å². The van der Waals surface area contributed by atoms with Gasteiger partial charge in [0.15, 0.2) is 9.84 Å². The van der Waals surface area contributed by atoms with Crippen molar-refractivity contribution >= 4 is 27.2 Å². The monoisotopic (exact) mass is 379 g/mol. The van der Waals surface area contributed by atoms with Crippen molar-refractivity contribution in [2.24, 2.45) is 11.8 Å². The molecule has 0 aromatic heterocycles. The molecule has 0 spiro atoms. The summed E-state index contributed by atoms with van der Waals surface area (Å²) in [6.45, 7) is 4.91. The van der Waals surface area contributed by atoms with Crippen LogP contribution >= 0.6 is 0 Å². The highest BCUT2D eigenvalue weighted by Gasteiger charge is 2.29. The molecule has 0 radical (unpaired) electrons. The van der Waals surface area contributed by atoms with Gasteiger partial charge >= 0.3 is 0 Å². The van der Waals surface area contributed by atoms with Crippen LogP contribution in [-0.2, 0) is 25.8 Å². The van der Waals surface area contributed by atoms with Gasteiger partial charge in [-0.15, -0.1) is 0 Å². The molecule has 26 heavy (non-hydrogen) atoms. The van der Waals surface area contributed by atoms with Crippen LogP contribution < -0.4 is 5.32 Å². The second-order valence-corrected chi connectivity index (χ2v) is 10.2. The summed E-state index contributed by atoms with van der Waals surface area (Å²) in [7, 11) is -3.01. The van der Waals surface area contributed by atoms with Gasteiger partial charge in [-0.05, 0) is 63.1 Å². The molecule has 1 fully saturated rings. The molecule has 1 saturated carbocycles. The minimum Gasteiger partial charge on any atom is -0.326 e. The smallest absolute Gasteiger partial charge is 0.221 e. The third-order valence-electron chi connectivity index (χ3n) is 5.14.